The standard InChI is InChI=1S/C19H32BN2O3/c1-19(2)14-21(12-13-22(19)15-23)18(25)11-10-17(24)20-16-8-6-4-3-5-7-9-16/h15-16H,3-14H2,1-2H3. The Kier molecular flexibility index (Phi) is 7.51. The van der Waals surface area contributed by atoms with Gasteiger partial charge in [-0.15, -0.1) is 0 Å². The van der Waals surface area contributed by atoms with Crippen molar-refractivity contribution >= 4 is 25.3 Å². The Labute approximate surface area is 152 Å². The molecule has 0 atom stereocenters. The quantitative estimate of drug-likeness (QED) is 0.548. The van der Waals surface area contributed by atoms with Gasteiger partial charge in [0.2, 0.25) is 19.6 Å². The minimum atomic E-state index is -0.343. The average molecular weight is 347 g/mol. The molecule has 1 saturated heterocycles. The van der Waals surface area contributed by atoms with Gasteiger partial charge in [0.05, 0.1) is 11.2 Å². The number of nitrogens with zero attached hydrogens (tertiary/aromatic N) is 2. The Morgan fingerprint density at radius 1 is 1.04 bits per heavy atom. The SMILES string of the molecule is CC1(C)CN(C(=O)CCC(=O)[B]C2CCCCCCC2)CCN1C=O. The predicted molar refractivity (Wildman–Crippen MR) is 99.5 cm³/mol. The van der Waals surface area contributed by atoms with E-state index in [4.69, 9.17) is 0 Å². The van der Waals surface area contributed by atoms with Crippen molar-refractivity contribution in [1.82, 2.24) is 9.80 Å². The Morgan fingerprint density at radius 2 is 1.68 bits per heavy atom. The zero-order chi connectivity index (χ0) is 18.3. The monoisotopic (exact) mass is 347 g/mol. The highest BCUT2D eigenvalue weighted by atomic mass is 16.2. The normalized spacial score (nSPS) is 22.0. The van der Waals surface area contributed by atoms with Crippen molar-refractivity contribution in [2.24, 2.45) is 0 Å². The van der Waals surface area contributed by atoms with Gasteiger partial charge in [-0.05, 0) is 13.8 Å². The van der Waals surface area contributed by atoms with E-state index in [9.17, 15) is 14.4 Å². The summed E-state index contributed by atoms with van der Waals surface area (Å²) in [5, 5.41) is 0. The summed E-state index contributed by atoms with van der Waals surface area (Å²) < 4.78 is 0. The molecule has 0 aromatic rings. The van der Waals surface area contributed by atoms with Gasteiger partial charge in [0.1, 0.15) is 0 Å². The van der Waals surface area contributed by atoms with Crippen LogP contribution in [0.5, 0.6) is 0 Å². The minimum Gasteiger partial charge on any atom is -0.339 e. The maximum Gasteiger partial charge on any atom is 0.223 e. The molecule has 2 aliphatic rings. The van der Waals surface area contributed by atoms with E-state index in [1.807, 2.05) is 21.1 Å². The molecule has 25 heavy (non-hydrogen) atoms. The smallest absolute Gasteiger partial charge is 0.223 e. The van der Waals surface area contributed by atoms with Crippen LogP contribution in [0.3, 0.4) is 0 Å². The number of amides is 2. The minimum absolute atomic E-state index is 0.0260. The average Bonchev–Trinajstić information content (AvgIpc) is 2.54. The summed E-state index contributed by atoms with van der Waals surface area (Å²) in [5.41, 5.74) is -0.227. The van der Waals surface area contributed by atoms with Crippen LogP contribution in [0.4, 0.5) is 0 Å². The van der Waals surface area contributed by atoms with Gasteiger partial charge in [0, 0.05) is 32.5 Å². The molecule has 1 heterocycles. The third-order valence-electron chi connectivity index (χ3n) is 5.60. The van der Waals surface area contributed by atoms with Gasteiger partial charge in [0.15, 0.2) is 0 Å². The van der Waals surface area contributed by atoms with Gasteiger partial charge in [0.25, 0.3) is 0 Å². The lowest BCUT2D eigenvalue weighted by Gasteiger charge is -2.45. The van der Waals surface area contributed by atoms with E-state index >= 15 is 0 Å². The van der Waals surface area contributed by atoms with Gasteiger partial charge in [-0.2, -0.15) is 0 Å². The van der Waals surface area contributed by atoms with Crippen LogP contribution in [0.1, 0.15) is 71.6 Å². The molecule has 1 radical (unpaired) electrons. The number of hydrogen-bond acceptors (Lipinski definition) is 3. The van der Waals surface area contributed by atoms with Crippen LogP contribution in [-0.2, 0) is 14.4 Å². The highest BCUT2D eigenvalue weighted by Gasteiger charge is 2.34. The second-order valence-electron chi connectivity index (χ2n) is 8.16. The first kappa shape index (κ1) is 20.0. The first-order valence-electron chi connectivity index (χ1n) is 9.80. The molecule has 2 amide bonds. The Morgan fingerprint density at radius 3 is 2.28 bits per heavy atom. The van der Waals surface area contributed by atoms with Crippen LogP contribution in [0, 0.1) is 0 Å². The molecule has 5 nitrogen and oxygen atoms in total. The molecule has 0 unspecified atom stereocenters. The highest BCUT2D eigenvalue weighted by molar-refractivity contribution is 6.75. The van der Waals surface area contributed by atoms with Crippen molar-refractivity contribution in [2.45, 2.75) is 83.0 Å². The third kappa shape index (κ3) is 6.16. The zero-order valence-corrected chi connectivity index (χ0v) is 15.8. The van der Waals surface area contributed by atoms with Crippen molar-refractivity contribution < 1.29 is 14.4 Å². The molecule has 0 spiro atoms. The van der Waals surface area contributed by atoms with Crippen LogP contribution < -0.4 is 0 Å². The number of carbonyl (C=O) groups is 3. The van der Waals surface area contributed by atoms with Crippen molar-refractivity contribution in [3.05, 3.63) is 0 Å². The van der Waals surface area contributed by atoms with Crippen molar-refractivity contribution in [3.63, 3.8) is 0 Å². The number of hydrogen-bond donors (Lipinski definition) is 0. The van der Waals surface area contributed by atoms with E-state index in [2.05, 4.69) is 0 Å². The molecule has 1 saturated carbocycles. The van der Waals surface area contributed by atoms with Gasteiger partial charge in [-0.25, -0.2) is 0 Å². The largest absolute Gasteiger partial charge is 0.339 e. The van der Waals surface area contributed by atoms with Crippen LogP contribution in [0.2, 0.25) is 5.82 Å². The van der Waals surface area contributed by atoms with Crippen molar-refractivity contribution in [1.29, 1.82) is 0 Å². The van der Waals surface area contributed by atoms with E-state index < -0.39 is 0 Å². The van der Waals surface area contributed by atoms with E-state index in [-0.39, 0.29) is 23.5 Å². The summed E-state index contributed by atoms with van der Waals surface area (Å²) in [4.78, 5) is 39.3. The fourth-order valence-electron chi connectivity index (χ4n) is 3.97. The van der Waals surface area contributed by atoms with E-state index in [0.717, 1.165) is 19.3 Å². The molecule has 6 heteroatoms. The Hall–Kier alpha value is -1.33. The third-order valence-corrected chi connectivity index (χ3v) is 5.60. The van der Waals surface area contributed by atoms with Crippen molar-refractivity contribution in [2.75, 3.05) is 19.6 Å². The highest BCUT2D eigenvalue weighted by Crippen LogP contribution is 2.26. The molecule has 2 fully saturated rings. The number of carbonyl (C=O) groups excluding carboxylic acids is 3. The molecular weight excluding hydrogens is 315 g/mol. The lowest BCUT2D eigenvalue weighted by Crippen LogP contribution is -2.59. The Bertz CT molecular complexity index is 473. The molecule has 0 aromatic carbocycles. The second-order valence-corrected chi connectivity index (χ2v) is 8.16. The topological polar surface area (TPSA) is 57.7 Å². The summed E-state index contributed by atoms with van der Waals surface area (Å²) >= 11 is 0. The first-order valence-corrected chi connectivity index (χ1v) is 9.80. The molecule has 2 rings (SSSR count). The maximum absolute atomic E-state index is 12.4. The summed E-state index contributed by atoms with van der Waals surface area (Å²) in [6, 6.07) is 0. The zero-order valence-electron chi connectivity index (χ0n) is 15.8. The van der Waals surface area contributed by atoms with Crippen LogP contribution >= 0.6 is 0 Å². The van der Waals surface area contributed by atoms with Crippen molar-refractivity contribution in [3.8, 4) is 0 Å². The maximum atomic E-state index is 12.4. The lowest BCUT2D eigenvalue weighted by atomic mass is 9.56. The molecule has 0 aromatic heterocycles. The summed E-state index contributed by atoms with van der Waals surface area (Å²) in [5.74, 6) is 0.427. The molecule has 1 aliphatic heterocycles. The fourth-order valence-corrected chi connectivity index (χ4v) is 3.97. The summed E-state index contributed by atoms with van der Waals surface area (Å²) in [7, 11) is 1.88. The van der Waals surface area contributed by atoms with Crippen LogP contribution in [-0.4, -0.2) is 60.3 Å². The van der Waals surface area contributed by atoms with Gasteiger partial charge in [-0.3, -0.25) is 9.59 Å². The van der Waals surface area contributed by atoms with Gasteiger partial charge in [-0.1, -0.05) is 50.8 Å². The molecule has 1 aliphatic carbocycles. The second kappa shape index (κ2) is 9.39. The summed E-state index contributed by atoms with van der Waals surface area (Å²) in [6.07, 6.45) is 9.97. The van der Waals surface area contributed by atoms with Gasteiger partial charge >= 0.3 is 0 Å². The van der Waals surface area contributed by atoms with E-state index in [1.165, 1.54) is 32.1 Å². The molecular formula is C19H32BN2O3. The Balaban J connectivity index is 1.73. The molecule has 0 N–H and O–H groups in total. The molecule has 139 valence electrons. The van der Waals surface area contributed by atoms with E-state index in [0.29, 0.717) is 31.9 Å². The molecule has 0 bridgehead atoms. The van der Waals surface area contributed by atoms with Crippen LogP contribution in [0.15, 0.2) is 0 Å². The number of rotatable bonds is 6. The van der Waals surface area contributed by atoms with Crippen LogP contribution in [0.25, 0.3) is 0 Å². The predicted octanol–water partition coefficient (Wildman–Crippen LogP) is 2.61. The van der Waals surface area contributed by atoms with E-state index in [1.54, 1.807) is 9.80 Å². The lowest BCUT2D eigenvalue weighted by molar-refractivity contribution is -0.141. The fraction of sp³-hybridized carbons (Fsp3) is 0.842. The first-order chi connectivity index (χ1) is 11.9. The van der Waals surface area contributed by atoms with Gasteiger partial charge < -0.3 is 14.6 Å². The summed E-state index contributed by atoms with van der Waals surface area (Å²) in [6.45, 7) is 5.58. The number of piperazine rings is 1.